The molecule has 5 rings (SSSR count). The summed E-state index contributed by atoms with van der Waals surface area (Å²) in [6.45, 7) is 1.68. The van der Waals surface area contributed by atoms with Crippen LogP contribution in [0, 0.1) is 0 Å². The van der Waals surface area contributed by atoms with Crippen molar-refractivity contribution in [2.75, 3.05) is 34.6 Å². The Balaban J connectivity index is 1.84. The standard InChI is InChI=1S/C20H21NO5/c1-21-5-4-11-6-16-19(26-10-25-16)18-13-8-15(23-3)14(22-2)7-12(13)9-24-20(21)17(11)18/h6-8,20H,4-5,9-10H2,1-3H3. The lowest BCUT2D eigenvalue weighted by molar-refractivity contribution is -0.0638. The Hall–Kier alpha value is -2.44. The third kappa shape index (κ3) is 2.12. The zero-order chi connectivity index (χ0) is 17.8. The Morgan fingerprint density at radius 3 is 2.65 bits per heavy atom. The van der Waals surface area contributed by atoms with E-state index in [1.54, 1.807) is 14.2 Å². The van der Waals surface area contributed by atoms with Gasteiger partial charge in [0, 0.05) is 17.7 Å². The molecule has 136 valence electrons. The van der Waals surface area contributed by atoms with Gasteiger partial charge in [-0.05, 0) is 48.4 Å². The highest BCUT2D eigenvalue weighted by atomic mass is 16.7. The van der Waals surface area contributed by atoms with Crippen molar-refractivity contribution < 1.29 is 23.7 Å². The molecule has 3 heterocycles. The zero-order valence-electron chi connectivity index (χ0n) is 15.1. The molecule has 0 spiro atoms. The van der Waals surface area contributed by atoms with E-state index in [1.165, 1.54) is 11.1 Å². The summed E-state index contributed by atoms with van der Waals surface area (Å²) in [6, 6.07) is 6.12. The third-order valence-corrected chi connectivity index (χ3v) is 5.45. The molecule has 0 N–H and O–H groups in total. The molecule has 2 aromatic carbocycles. The van der Waals surface area contributed by atoms with Crippen LogP contribution < -0.4 is 18.9 Å². The van der Waals surface area contributed by atoms with Crippen molar-refractivity contribution in [2.24, 2.45) is 0 Å². The highest BCUT2D eigenvalue weighted by Crippen LogP contribution is 2.53. The maximum absolute atomic E-state index is 6.32. The first-order chi connectivity index (χ1) is 12.7. The van der Waals surface area contributed by atoms with Crippen molar-refractivity contribution in [3.8, 4) is 34.1 Å². The van der Waals surface area contributed by atoms with Crippen molar-refractivity contribution in [3.05, 3.63) is 34.9 Å². The molecule has 6 heteroatoms. The Morgan fingerprint density at radius 1 is 1.04 bits per heavy atom. The summed E-state index contributed by atoms with van der Waals surface area (Å²) in [5.41, 5.74) is 5.60. The van der Waals surface area contributed by atoms with E-state index in [-0.39, 0.29) is 13.0 Å². The summed E-state index contributed by atoms with van der Waals surface area (Å²) in [5, 5.41) is 0. The molecule has 0 fully saturated rings. The number of fused-ring (bicyclic) bond motifs is 4. The van der Waals surface area contributed by atoms with Crippen molar-refractivity contribution in [3.63, 3.8) is 0 Å². The van der Waals surface area contributed by atoms with Crippen molar-refractivity contribution in [2.45, 2.75) is 19.3 Å². The van der Waals surface area contributed by atoms with Crippen LogP contribution in [0.3, 0.4) is 0 Å². The first-order valence-electron chi connectivity index (χ1n) is 8.73. The van der Waals surface area contributed by atoms with Gasteiger partial charge in [-0.2, -0.15) is 0 Å². The molecule has 0 amide bonds. The molecule has 0 saturated heterocycles. The fourth-order valence-electron chi connectivity index (χ4n) is 4.15. The highest BCUT2D eigenvalue weighted by Gasteiger charge is 2.37. The lowest BCUT2D eigenvalue weighted by Crippen LogP contribution is -2.33. The van der Waals surface area contributed by atoms with Crippen LogP contribution in [-0.4, -0.2) is 39.5 Å². The molecule has 0 aliphatic carbocycles. The van der Waals surface area contributed by atoms with Crippen LogP contribution in [0.25, 0.3) is 11.1 Å². The van der Waals surface area contributed by atoms with Crippen LogP contribution >= 0.6 is 0 Å². The summed E-state index contributed by atoms with van der Waals surface area (Å²) in [4.78, 5) is 2.24. The molecule has 0 radical (unpaired) electrons. The van der Waals surface area contributed by atoms with Gasteiger partial charge in [0.2, 0.25) is 6.79 Å². The van der Waals surface area contributed by atoms with Crippen LogP contribution in [-0.2, 0) is 17.8 Å². The van der Waals surface area contributed by atoms with Gasteiger partial charge in [-0.3, -0.25) is 4.90 Å². The normalized spacial score (nSPS) is 20.2. The Labute approximate surface area is 152 Å². The number of ether oxygens (including phenoxy) is 5. The molecule has 2 aromatic rings. The summed E-state index contributed by atoms with van der Waals surface area (Å²) in [7, 11) is 5.39. The maximum atomic E-state index is 6.32. The van der Waals surface area contributed by atoms with Crippen LogP contribution in [0.4, 0.5) is 0 Å². The SMILES string of the molecule is COc1cc2c(cc1OC)-c1c3c(cc4c1C(OC2)N(C)CC4)OCO3. The second-order valence-corrected chi connectivity index (χ2v) is 6.82. The number of benzene rings is 2. The molecule has 1 atom stereocenters. The van der Waals surface area contributed by atoms with E-state index in [0.29, 0.717) is 18.1 Å². The van der Waals surface area contributed by atoms with Gasteiger partial charge < -0.3 is 23.7 Å². The summed E-state index contributed by atoms with van der Waals surface area (Å²) in [5.74, 6) is 3.00. The summed E-state index contributed by atoms with van der Waals surface area (Å²) in [6.07, 6.45) is 0.852. The smallest absolute Gasteiger partial charge is 0.231 e. The van der Waals surface area contributed by atoms with E-state index < -0.39 is 0 Å². The lowest BCUT2D eigenvalue weighted by atomic mass is 9.87. The number of methoxy groups -OCH3 is 2. The molecule has 0 aromatic heterocycles. The molecule has 26 heavy (non-hydrogen) atoms. The van der Waals surface area contributed by atoms with Crippen molar-refractivity contribution >= 4 is 0 Å². The number of likely N-dealkylation sites (N-methyl/N-ethyl adjacent to an activating group) is 1. The van der Waals surface area contributed by atoms with E-state index in [1.807, 2.05) is 12.1 Å². The number of rotatable bonds is 2. The van der Waals surface area contributed by atoms with Gasteiger partial charge in [-0.25, -0.2) is 0 Å². The number of hydrogen-bond acceptors (Lipinski definition) is 6. The Morgan fingerprint density at radius 2 is 1.85 bits per heavy atom. The van der Waals surface area contributed by atoms with Crippen molar-refractivity contribution in [1.29, 1.82) is 0 Å². The van der Waals surface area contributed by atoms with Gasteiger partial charge in [0.05, 0.1) is 20.8 Å². The maximum Gasteiger partial charge on any atom is 0.231 e. The average molecular weight is 355 g/mol. The van der Waals surface area contributed by atoms with Gasteiger partial charge in [-0.15, -0.1) is 0 Å². The topological polar surface area (TPSA) is 49.4 Å². The molecule has 3 aliphatic heterocycles. The predicted octanol–water partition coefficient (Wildman–Crippen LogP) is 3.12. The van der Waals surface area contributed by atoms with Gasteiger partial charge in [0.1, 0.15) is 6.23 Å². The predicted molar refractivity (Wildman–Crippen MR) is 95.0 cm³/mol. The van der Waals surface area contributed by atoms with Gasteiger partial charge in [0.25, 0.3) is 0 Å². The average Bonchev–Trinajstić information content (AvgIpc) is 3.06. The van der Waals surface area contributed by atoms with Crippen LogP contribution in [0.5, 0.6) is 23.0 Å². The van der Waals surface area contributed by atoms with Crippen LogP contribution in [0.15, 0.2) is 18.2 Å². The molecule has 1 unspecified atom stereocenters. The third-order valence-electron chi connectivity index (χ3n) is 5.45. The minimum absolute atomic E-state index is 0.104. The van der Waals surface area contributed by atoms with Crippen LogP contribution in [0.2, 0.25) is 0 Å². The molecule has 0 saturated carbocycles. The summed E-state index contributed by atoms with van der Waals surface area (Å²) < 4.78 is 28.9. The second kappa shape index (κ2) is 5.79. The van der Waals surface area contributed by atoms with Gasteiger partial charge in [0.15, 0.2) is 23.0 Å². The Kier molecular flexibility index (Phi) is 3.52. The zero-order valence-corrected chi connectivity index (χ0v) is 15.1. The number of hydrogen-bond donors (Lipinski definition) is 0. The molecule has 3 aliphatic rings. The largest absolute Gasteiger partial charge is 0.493 e. The van der Waals surface area contributed by atoms with E-state index in [9.17, 15) is 0 Å². The van der Waals surface area contributed by atoms with E-state index in [4.69, 9.17) is 23.7 Å². The van der Waals surface area contributed by atoms with E-state index >= 15 is 0 Å². The quantitative estimate of drug-likeness (QED) is 0.825. The molecular formula is C20H21NO5. The first-order valence-corrected chi connectivity index (χ1v) is 8.73. The molecule has 0 bridgehead atoms. The van der Waals surface area contributed by atoms with Crippen LogP contribution in [0.1, 0.15) is 22.9 Å². The summed E-state index contributed by atoms with van der Waals surface area (Å²) >= 11 is 0. The van der Waals surface area contributed by atoms with Gasteiger partial charge >= 0.3 is 0 Å². The lowest BCUT2D eigenvalue weighted by Gasteiger charge is -2.34. The second-order valence-electron chi connectivity index (χ2n) is 6.82. The Bertz CT molecular complexity index is 895. The minimum Gasteiger partial charge on any atom is -0.493 e. The minimum atomic E-state index is -0.104. The molecular weight excluding hydrogens is 334 g/mol. The fraction of sp³-hybridized carbons (Fsp3) is 0.400. The monoisotopic (exact) mass is 355 g/mol. The number of nitrogens with zero attached hydrogens (tertiary/aromatic N) is 1. The van der Waals surface area contributed by atoms with Gasteiger partial charge in [-0.1, -0.05) is 0 Å². The van der Waals surface area contributed by atoms with Crippen molar-refractivity contribution in [1.82, 2.24) is 4.90 Å². The first kappa shape index (κ1) is 15.8. The highest BCUT2D eigenvalue weighted by molar-refractivity contribution is 5.83. The van der Waals surface area contributed by atoms with E-state index in [2.05, 4.69) is 18.0 Å². The van der Waals surface area contributed by atoms with E-state index in [0.717, 1.165) is 41.2 Å². The fourth-order valence-corrected chi connectivity index (χ4v) is 4.15. The molecule has 6 nitrogen and oxygen atoms in total.